The fourth-order valence-electron chi connectivity index (χ4n) is 0. The Kier molecular flexibility index (Phi) is 37.3. The third-order valence-corrected chi connectivity index (χ3v) is 0. The van der Waals surface area contributed by atoms with Crippen molar-refractivity contribution in [3.63, 3.8) is 0 Å². The zero-order valence-electron chi connectivity index (χ0n) is 6.23. The van der Waals surface area contributed by atoms with Gasteiger partial charge in [0.2, 0.25) is 0 Å². The molecule has 0 bridgehead atoms. The molecule has 1 N–H and O–H groups in total. The molecule has 0 saturated carbocycles. The molecule has 0 rings (SSSR count). The van der Waals surface area contributed by atoms with E-state index in [1.165, 1.54) is 0 Å². The van der Waals surface area contributed by atoms with Gasteiger partial charge in [0, 0.05) is 0 Å². The van der Waals surface area contributed by atoms with E-state index in [-0.39, 0.29) is 28.5 Å². The Morgan fingerprint density at radius 1 is 1.20 bits per heavy atom. The van der Waals surface area contributed by atoms with Crippen LogP contribution in [0.3, 0.4) is 0 Å². The van der Waals surface area contributed by atoms with Gasteiger partial charge in [0.25, 0.3) is 8.25 Å². The predicted molar refractivity (Wildman–Crippen MR) is 40.4 cm³/mol. The topological polar surface area (TPSA) is 93.2 Å². The largest absolute Gasteiger partial charge is 2.00 e. The minimum absolute atomic E-state index is 0. The molecular formula is C3H10MgO4PS+. The van der Waals surface area contributed by atoms with Crippen LogP contribution in [-0.2, 0) is 15.5 Å². The van der Waals surface area contributed by atoms with E-state index in [0.29, 0.717) is 10.9 Å². The van der Waals surface area contributed by atoms with E-state index in [0.717, 1.165) is 0 Å². The molecule has 0 saturated heterocycles. The number of rotatable bonds is 0. The van der Waals surface area contributed by atoms with Gasteiger partial charge in [-0.3, -0.25) is 0 Å². The van der Waals surface area contributed by atoms with Crippen LogP contribution in [0.15, 0.2) is 0 Å². The average Bonchev–Trinajstić information content (AvgIpc) is 1.25. The van der Waals surface area contributed by atoms with Crippen molar-refractivity contribution in [2.75, 3.05) is 18.8 Å². The Balaban J connectivity index is -0.0000000300. The minimum Gasteiger partial charge on any atom is -0.870 e. The maximum atomic E-state index is 8.48. The molecule has 0 spiro atoms. The zero-order chi connectivity index (χ0) is 7.15. The van der Waals surface area contributed by atoms with Crippen molar-refractivity contribution in [2.24, 2.45) is 0 Å². The van der Waals surface area contributed by atoms with E-state index >= 15 is 0 Å². The van der Waals surface area contributed by atoms with E-state index in [1.54, 1.807) is 0 Å². The van der Waals surface area contributed by atoms with Gasteiger partial charge >= 0.3 is 23.1 Å². The summed E-state index contributed by atoms with van der Waals surface area (Å²) in [6, 6.07) is 0. The second-order valence-corrected chi connectivity index (χ2v) is 4.35. The van der Waals surface area contributed by atoms with Crippen LogP contribution in [0.4, 0.5) is 0 Å². The van der Waals surface area contributed by atoms with E-state index in [9.17, 15) is 0 Å². The molecule has 0 unspecified atom stereocenters. The van der Waals surface area contributed by atoms with E-state index in [2.05, 4.69) is 18.8 Å². The minimum atomic E-state index is -3.37. The summed E-state index contributed by atoms with van der Waals surface area (Å²) in [7, 11) is -2.73. The molecule has 58 valence electrons. The molecule has 0 amide bonds. The molecule has 4 nitrogen and oxygen atoms in total. The van der Waals surface area contributed by atoms with Gasteiger partial charge in [-0.05, 0) is 10.9 Å². The molecule has 0 aliphatic rings. The molecule has 0 aromatic heterocycles. The van der Waals surface area contributed by atoms with Gasteiger partial charge in [-0.1, -0.05) is 4.57 Å². The monoisotopic (exact) mass is 197 g/mol. The van der Waals surface area contributed by atoms with Crippen LogP contribution in [0.2, 0.25) is 0 Å². The number of hydrogen-bond acceptors (Lipinski definition) is 4. The summed E-state index contributed by atoms with van der Waals surface area (Å²) >= 11 is 0. The van der Waals surface area contributed by atoms with Gasteiger partial charge in [-0.2, -0.15) is 0 Å². The van der Waals surface area contributed by atoms with Crippen molar-refractivity contribution in [2.45, 2.75) is 0 Å². The second-order valence-electron chi connectivity index (χ2n) is 1.45. The molecule has 0 heterocycles. The van der Waals surface area contributed by atoms with Gasteiger partial charge in [-0.15, -0.1) is 0 Å². The van der Waals surface area contributed by atoms with Crippen LogP contribution in [0.5, 0.6) is 0 Å². The third kappa shape index (κ3) is 496. The van der Waals surface area contributed by atoms with Crippen molar-refractivity contribution >= 4 is 42.2 Å². The fraction of sp³-hybridized carbons (Fsp3) is 1.00. The van der Waals surface area contributed by atoms with Crippen LogP contribution in [0.1, 0.15) is 0 Å². The summed E-state index contributed by atoms with van der Waals surface area (Å²) < 4.78 is 8.48. The molecule has 0 fully saturated rings. The SMILES string of the molecule is C[S+](C)C.O=[P+]([O-])[O-].[Mg+2].[OH-]. The molecule has 7 heteroatoms. The molecule has 0 aliphatic heterocycles. The summed E-state index contributed by atoms with van der Waals surface area (Å²) in [6.45, 7) is 0. The summed E-state index contributed by atoms with van der Waals surface area (Å²) in [5.74, 6) is 0. The van der Waals surface area contributed by atoms with Crippen LogP contribution in [-0.4, -0.2) is 47.3 Å². The van der Waals surface area contributed by atoms with Gasteiger partial charge in [-0.25, -0.2) is 0 Å². The Morgan fingerprint density at radius 2 is 1.20 bits per heavy atom. The van der Waals surface area contributed by atoms with Crippen LogP contribution < -0.4 is 9.79 Å². The Labute approximate surface area is 80.8 Å². The first-order valence-electron chi connectivity index (χ1n) is 1.77. The summed E-state index contributed by atoms with van der Waals surface area (Å²) in [4.78, 5) is 17.0. The van der Waals surface area contributed by atoms with Crippen LogP contribution >= 0.6 is 8.25 Å². The van der Waals surface area contributed by atoms with Crippen molar-refractivity contribution in [1.29, 1.82) is 0 Å². The van der Waals surface area contributed by atoms with E-state index in [4.69, 9.17) is 14.4 Å². The van der Waals surface area contributed by atoms with Gasteiger partial charge < -0.3 is 15.3 Å². The Bertz CT molecular complexity index is 64.8. The predicted octanol–water partition coefficient (Wildman–Crippen LogP) is -1.70. The molecule has 0 aliphatic carbocycles. The number of hydrogen-bond donors (Lipinski definition) is 0. The smallest absolute Gasteiger partial charge is 0.870 e. The van der Waals surface area contributed by atoms with Crippen molar-refractivity contribution in [1.82, 2.24) is 0 Å². The quantitative estimate of drug-likeness (QED) is 0.263. The second kappa shape index (κ2) is 16.6. The first-order valence-corrected chi connectivity index (χ1v) is 5.32. The molecule has 0 aromatic carbocycles. The zero-order valence-corrected chi connectivity index (χ0v) is 9.36. The molecule has 0 atom stereocenters. The van der Waals surface area contributed by atoms with Crippen LogP contribution in [0, 0.1) is 0 Å². The Morgan fingerprint density at radius 3 is 1.20 bits per heavy atom. The first-order chi connectivity index (χ1) is 3.46. The van der Waals surface area contributed by atoms with Gasteiger partial charge in [0.15, 0.2) is 0 Å². The third-order valence-electron chi connectivity index (χ3n) is 0. The maximum Gasteiger partial charge on any atom is 2.00 e. The van der Waals surface area contributed by atoms with Crippen molar-refractivity contribution in [3.05, 3.63) is 0 Å². The summed E-state index contributed by atoms with van der Waals surface area (Å²) in [5, 5.41) is 0. The van der Waals surface area contributed by atoms with Crippen LogP contribution in [0.25, 0.3) is 0 Å². The first kappa shape index (κ1) is 22.5. The molecular weight excluding hydrogens is 187 g/mol. The van der Waals surface area contributed by atoms with Crippen molar-refractivity contribution in [3.8, 4) is 0 Å². The van der Waals surface area contributed by atoms with E-state index in [1.807, 2.05) is 0 Å². The van der Waals surface area contributed by atoms with Crippen molar-refractivity contribution < 1.29 is 19.8 Å². The Hall–Kier alpha value is 1.10. The van der Waals surface area contributed by atoms with Gasteiger partial charge in [0.1, 0.15) is 0 Å². The molecule has 10 heavy (non-hydrogen) atoms. The molecule has 0 aromatic rings. The fourth-order valence-corrected chi connectivity index (χ4v) is 0. The normalized spacial score (nSPS) is 6.20. The average molecular weight is 197 g/mol. The van der Waals surface area contributed by atoms with Gasteiger partial charge in [0.05, 0.1) is 18.8 Å². The molecule has 0 radical (unpaired) electrons. The summed E-state index contributed by atoms with van der Waals surface area (Å²) in [6.07, 6.45) is 6.58. The maximum absolute atomic E-state index is 8.48. The van der Waals surface area contributed by atoms with E-state index < -0.39 is 8.25 Å². The standard InChI is InChI=1S/C3H9S.Mg.HO3P.H2O/c1-4(2)3;;1-4(2)3;/h1-3H3;;(H,1,2,3);1H2/q+1;+2;;/p-2. The summed E-state index contributed by atoms with van der Waals surface area (Å²) in [5.41, 5.74) is 0.